The molecule has 2 amide bonds. The van der Waals surface area contributed by atoms with Crippen LogP contribution in [0.25, 0.3) is 11.0 Å². The Morgan fingerprint density at radius 1 is 1.31 bits per heavy atom. The number of carbonyl (C=O) groups excluding carboxylic acids is 2. The van der Waals surface area contributed by atoms with Crippen molar-refractivity contribution in [3.05, 3.63) is 23.3 Å². The van der Waals surface area contributed by atoms with E-state index in [0.717, 1.165) is 35.8 Å². The number of hydrogen-bond donors (Lipinski definition) is 2. The van der Waals surface area contributed by atoms with Crippen LogP contribution in [0.1, 0.15) is 49.7 Å². The molecule has 0 spiro atoms. The number of carbonyl (C=O) groups is 2. The summed E-state index contributed by atoms with van der Waals surface area (Å²) in [5, 5.41) is 4.24. The lowest BCUT2D eigenvalue weighted by molar-refractivity contribution is -0.217. The molecule has 1 unspecified atom stereocenters. The van der Waals surface area contributed by atoms with Crippen molar-refractivity contribution in [1.29, 1.82) is 0 Å². The molecule has 1 fully saturated rings. The highest BCUT2D eigenvalue weighted by Gasteiger charge is 2.67. The topological polar surface area (TPSA) is 76.0 Å². The van der Waals surface area contributed by atoms with E-state index in [2.05, 4.69) is 10.3 Å². The average Bonchev–Trinajstić information content (AvgIpc) is 3.30. The number of aryl methyl sites for hydroxylation is 2. The van der Waals surface area contributed by atoms with E-state index in [1.165, 1.54) is 0 Å². The molecule has 1 saturated carbocycles. The molecule has 1 aromatic carbocycles. The molecule has 1 aliphatic carbocycles. The third kappa shape index (κ3) is 3.07. The third-order valence-electron chi connectivity index (χ3n) is 5.97. The van der Waals surface area contributed by atoms with Crippen molar-refractivity contribution in [2.24, 2.45) is 5.92 Å². The van der Waals surface area contributed by atoms with Crippen molar-refractivity contribution < 1.29 is 22.8 Å². The molecule has 0 radical (unpaired) electrons. The maximum atomic E-state index is 14.3. The molecule has 1 atom stereocenters. The highest BCUT2D eigenvalue weighted by atomic mass is 19.4. The fourth-order valence-electron chi connectivity index (χ4n) is 4.58. The molecule has 2 heterocycles. The first-order chi connectivity index (χ1) is 13.6. The molecule has 1 aliphatic heterocycles. The summed E-state index contributed by atoms with van der Waals surface area (Å²) in [6.07, 6.45) is -0.405. The number of alkyl halides is 3. The molecule has 0 bridgehead atoms. The van der Waals surface area contributed by atoms with Crippen LogP contribution in [-0.2, 0) is 15.3 Å². The van der Waals surface area contributed by atoms with Gasteiger partial charge < -0.3 is 5.32 Å². The minimum atomic E-state index is -5.05. The Hall–Kier alpha value is -2.58. The van der Waals surface area contributed by atoms with Gasteiger partial charge in [-0.3, -0.25) is 19.5 Å². The standard InChI is InChI=1S/C20H23F3N4O2/c1-11-9-12(2)16-14(10-11)27-18(24-16)25-17(29)19(27,20(21,22)23)26-15(28)8-7-13-5-3-4-6-13/h9-10,13H,3-8H2,1-2H3,(H,26,28)(H,24,25,29). The summed E-state index contributed by atoms with van der Waals surface area (Å²) in [6, 6.07) is 3.35. The summed E-state index contributed by atoms with van der Waals surface area (Å²) < 4.78 is 43.8. The zero-order valence-electron chi connectivity index (χ0n) is 16.3. The minimum Gasteiger partial charge on any atom is -0.317 e. The quantitative estimate of drug-likeness (QED) is 0.806. The fourth-order valence-corrected chi connectivity index (χ4v) is 4.58. The van der Waals surface area contributed by atoms with Gasteiger partial charge in [0.1, 0.15) is 0 Å². The zero-order valence-corrected chi connectivity index (χ0v) is 16.3. The fraction of sp³-hybridized carbons (Fsp3) is 0.550. The van der Waals surface area contributed by atoms with Crippen LogP contribution in [0.4, 0.5) is 19.1 Å². The lowest BCUT2D eigenvalue weighted by Gasteiger charge is -2.32. The van der Waals surface area contributed by atoms with Crippen LogP contribution < -0.4 is 10.6 Å². The molecule has 2 N–H and O–H groups in total. The normalized spacial score (nSPS) is 22.2. The summed E-state index contributed by atoms with van der Waals surface area (Å²) in [6.45, 7) is 3.50. The van der Waals surface area contributed by atoms with E-state index < -0.39 is 23.7 Å². The number of aromatic nitrogens is 2. The Balaban J connectivity index is 1.75. The van der Waals surface area contributed by atoms with Crippen molar-refractivity contribution in [2.45, 2.75) is 64.2 Å². The number of halogens is 3. The minimum absolute atomic E-state index is 0.0458. The van der Waals surface area contributed by atoms with Gasteiger partial charge in [0.15, 0.2) is 0 Å². The van der Waals surface area contributed by atoms with Gasteiger partial charge in [0.2, 0.25) is 11.9 Å². The number of rotatable bonds is 4. The lowest BCUT2D eigenvalue weighted by atomic mass is 10.0. The summed E-state index contributed by atoms with van der Waals surface area (Å²) in [5.74, 6) is -1.99. The van der Waals surface area contributed by atoms with Crippen LogP contribution in [0.2, 0.25) is 0 Å². The van der Waals surface area contributed by atoms with Gasteiger partial charge in [0.05, 0.1) is 11.0 Å². The molecule has 9 heteroatoms. The van der Waals surface area contributed by atoms with E-state index in [-0.39, 0.29) is 17.9 Å². The SMILES string of the molecule is Cc1cc(C)c2nc3n(c2c1)C(NC(=O)CCC1CCCC1)(C(F)(F)F)C(=O)N3. The maximum absolute atomic E-state index is 14.3. The predicted molar refractivity (Wildman–Crippen MR) is 101 cm³/mol. The van der Waals surface area contributed by atoms with Crippen LogP contribution in [0.15, 0.2) is 12.1 Å². The van der Waals surface area contributed by atoms with Crippen LogP contribution in [0.3, 0.4) is 0 Å². The second-order valence-electron chi connectivity index (χ2n) is 8.12. The number of anilines is 1. The Kier molecular flexibility index (Phi) is 4.59. The highest BCUT2D eigenvalue weighted by Crippen LogP contribution is 2.44. The second-order valence-corrected chi connectivity index (χ2v) is 8.12. The molecule has 2 aromatic rings. The number of amides is 2. The Labute approximate surface area is 165 Å². The van der Waals surface area contributed by atoms with Crippen LogP contribution in [-0.4, -0.2) is 27.5 Å². The van der Waals surface area contributed by atoms with Crippen LogP contribution >= 0.6 is 0 Å². The molecule has 29 heavy (non-hydrogen) atoms. The number of fused-ring (bicyclic) bond motifs is 3. The van der Waals surface area contributed by atoms with Crippen molar-refractivity contribution in [1.82, 2.24) is 14.9 Å². The Morgan fingerprint density at radius 2 is 2.00 bits per heavy atom. The van der Waals surface area contributed by atoms with Crippen molar-refractivity contribution >= 4 is 28.8 Å². The second kappa shape index (κ2) is 6.74. The first-order valence-corrected chi connectivity index (χ1v) is 9.83. The number of hydrogen-bond acceptors (Lipinski definition) is 3. The maximum Gasteiger partial charge on any atom is 0.440 e. The van der Waals surface area contributed by atoms with Gasteiger partial charge in [-0.05, 0) is 43.4 Å². The predicted octanol–water partition coefficient (Wildman–Crippen LogP) is 3.91. The van der Waals surface area contributed by atoms with Crippen LogP contribution in [0.5, 0.6) is 0 Å². The van der Waals surface area contributed by atoms with Gasteiger partial charge >= 0.3 is 6.18 Å². The molecule has 2 aliphatic rings. The van der Waals surface area contributed by atoms with Gasteiger partial charge in [-0.1, -0.05) is 31.7 Å². The van der Waals surface area contributed by atoms with E-state index in [4.69, 9.17) is 0 Å². The summed E-state index contributed by atoms with van der Waals surface area (Å²) in [4.78, 5) is 29.3. The molecular weight excluding hydrogens is 385 g/mol. The smallest absolute Gasteiger partial charge is 0.317 e. The van der Waals surface area contributed by atoms with Gasteiger partial charge in [-0.25, -0.2) is 4.98 Å². The Bertz CT molecular complexity index is 992. The molecule has 1 aromatic heterocycles. The monoisotopic (exact) mass is 408 g/mol. The molecule has 6 nitrogen and oxygen atoms in total. The molecule has 0 saturated heterocycles. The Morgan fingerprint density at radius 3 is 2.66 bits per heavy atom. The lowest BCUT2D eigenvalue weighted by Crippen LogP contribution is -2.63. The molecular formula is C20H23F3N4O2. The van der Waals surface area contributed by atoms with E-state index in [0.29, 0.717) is 23.4 Å². The number of imidazole rings is 1. The van der Waals surface area contributed by atoms with Crippen molar-refractivity contribution in [2.75, 3.05) is 5.32 Å². The van der Waals surface area contributed by atoms with Gasteiger partial charge in [0.25, 0.3) is 11.6 Å². The average molecular weight is 408 g/mol. The first kappa shape index (κ1) is 19.7. The van der Waals surface area contributed by atoms with E-state index in [9.17, 15) is 22.8 Å². The van der Waals surface area contributed by atoms with E-state index in [1.54, 1.807) is 19.9 Å². The summed E-state index contributed by atoms with van der Waals surface area (Å²) in [7, 11) is 0. The number of nitrogens with one attached hydrogen (secondary N) is 2. The van der Waals surface area contributed by atoms with Gasteiger partial charge in [0, 0.05) is 6.42 Å². The van der Waals surface area contributed by atoms with Crippen molar-refractivity contribution in [3.63, 3.8) is 0 Å². The first-order valence-electron chi connectivity index (χ1n) is 9.83. The molecule has 4 rings (SSSR count). The zero-order chi connectivity index (χ0) is 21.0. The summed E-state index contributed by atoms with van der Waals surface area (Å²) in [5.41, 5.74) is -1.26. The largest absolute Gasteiger partial charge is 0.440 e. The van der Waals surface area contributed by atoms with Gasteiger partial charge in [-0.15, -0.1) is 0 Å². The van der Waals surface area contributed by atoms with E-state index >= 15 is 0 Å². The van der Waals surface area contributed by atoms with E-state index in [1.807, 2.05) is 11.4 Å². The summed E-state index contributed by atoms with van der Waals surface area (Å²) >= 11 is 0. The number of benzene rings is 1. The van der Waals surface area contributed by atoms with Gasteiger partial charge in [-0.2, -0.15) is 13.2 Å². The van der Waals surface area contributed by atoms with Crippen molar-refractivity contribution in [3.8, 4) is 0 Å². The third-order valence-corrected chi connectivity index (χ3v) is 5.97. The van der Waals surface area contributed by atoms with Crippen LogP contribution in [0, 0.1) is 19.8 Å². The highest BCUT2D eigenvalue weighted by molar-refractivity contribution is 6.05. The molecule has 156 valence electrons. The number of nitrogens with zero attached hydrogens (tertiary/aromatic N) is 2.